The molecule has 0 radical (unpaired) electrons. The summed E-state index contributed by atoms with van der Waals surface area (Å²) >= 11 is 0. The molecule has 4 rings (SSSR count). The van der Waals surface area contributed by atoms with Crippen molar-refractivity contribution in [2.75, 3.05) is 6.61 Å². The zero-order chi connectivity index (χ0) is 24.7. The number of carbonyl (C=O) groups is 1. The summed E-state index contributed by atoms with van der Waals surface area (Å²) in [6.07, 6.45) is -0.119. The highest BCUT2D eigenvalue weighted by Gasteiger charge is 2.52. The largest absolute Gasteiger partial charge is 0.498 e. The summed E-state index contributed by atoms with van der Waals surface area (Å²) in [4.78, 5) is 11.9. The smallest absolute Gasteiger partial charge is 0.489 e. The highest BCUT2D eigenvalue weighted by molar-refractivity contribution is 6.64. The Bertz CT molecular complexity index is 1200. The minimum atomic E-state index is -0.761. The number of carbonyl (C=O) groups excluding carboxylic acids is 1. The molecule has 0 unspecified atom stereocenters. The first kappa shape index (κ1) is 24.2. The molecule has 1 aliphatic rings. The number of furan rings is 1. The molecule has 1 fully saturated rings. The predicted octanol–water partition coefficient (Wildman–Crippen LogP) is 4.69. The Kier molecular flexibility index (Phi) is 6.44. The molecule has 1 aliphatic heterocycles. The number of hydrogen-bond acceptors (Lipinski definition) is 6. The predicted molar refractivity (Wildman–Crippen MR) is 123 cm³/mol. The summed E-state index contributed by atoms with van der Waals surface area (Å²) in [7, 11) is -0.761. The second-order valence-corrected chi connectivity index (χ2v) is 9.26. The molecule has 1 saturated heterocycles. The van der Waals surface area contributed by atoms with Crippen molar-refractivity contribution in [1.29, 1.82) is 0 Å². The van der Waals surface area contributed by atoms with Crippen molar-refractivity contribution >= 4 is 29.5 Å². The van der Waals surface area contributed by atoms with Gasteiger partial charge in [0.25, 0.3) is 6.01 Å². The van der Waals surface area contributed by atoms with Crippen molar-refractivity contribution in [2.45, 2.75) is 58.8 Å². The van der Waals surface area contributed by atoms with E-state index < -0.39 is 36.1 Å². The molecule has 34 heavy (non-hydrogen) atoms. The highest BCUT2D eigenvalue weighted by Crippen LogP contribution is 2.37. The van der Waals surface area contributed by atoms with Gasteiger partial charge in [0.2, 0.25) is 0 Å². The third kappa shape index (κ3) is 4.81. The average molecular weight is 472 g/mol. The van der Waals surface area contributed by atoms with Gasteiger partial charge in [-0.05, 0) is 64.4 Å². The van der Waals surface area contributed by atoms with Crippen molar-refractivity contribution in [1.82, 2.24) is 0 Å². The second-order valence-electron chi connectivity index (χ2n) is 9.26. The number of hydrogen-bond donors (Lipinski definition) is 0. The van der Waals surface area contributed by atoms with E-state index in [4.69, 9.17) is 23.2 Å². The van der Waals surface area contributed by atoms with Crippen molar-refractivity contribution in [3.63, 3.8) is 0 Å². The first-order valence-electron chi connectivity index (χ1n) is 11.1. The minimum Gasteiger partial charge on any atom is -0.489 e. The number of benzene rings is 2. The Hall–Kier alpha value is -2.91. The van der Waals surface area contributed by atoms with Gasteiger partial charge >= 0.3 is 13.1 Å². The molecular weight excluding hydrogens is 445 g/mol. The van der Waals surface area contributed by atoms with E-state index in [0.717, 1.165) is 0 Å². The molecule has 0 amide bonds. The molecule has 0 saturated carbocycles. The van der Waals surface area contributed by atoms with Crippen molar-refractivity contribution in [3.05, 3.63) is 59.4 Å². The summed E-state index contributed by atoms with van der Waals surface area (Å²) < 4.78 is 56.3. The van der Waals surface area contributed by atoms with Crippen LogP contribution in [-0.4, -0.2) is 30.9 Å². The fraction of sp³-hybridized carbons (Fsp3) is 0.400. The Balaban J connectivity index is 1.63. The zero-order valence-electron chi connectivity index (χ0n) is 19.9. The average Bonchev–Trinajstić information content (AvgIpc) is 3.21. The SMILES string of the molecule is CCOC(=O)Cc1cc(F)ccc1OCc1cc(B2OC(C)(C)C(C)(C)O2)c2oc(F)cc2c1. The molecule has 3 aromatic rings. The van der Waals surface area contributed by atoms with Gasteiger partial charge in [-0.25, -0.2) is 4.39 Å². The molecule has 0 N–H and O–H groups in total. The molecule has 180 valence electrons. The van der Waals surface area contributed by atoms with Crippen LogP contribution in [0.3, 0.4) is 0 Å². The molecule has 6 nitrogen and oxygen atoms in total. The van der Waals surface area contributed by atoms with Crippen molar-refractivity contribution in [3.8, 4) is 5.75 Å². The number of ether oxygens (including phenoxy) is 2. The molecule has 0 atom stereocenters. The van der Waals surface area contributed by atoms with Crippen LogP contribution >= 0.6 is 0 Å². The third-order valence-electron chi connectivity index (χ3n) is 6.24. The van der Waals surface area contributed by atoms with Crippen LogP contribution in [0.1, 0.15) is 45.7 Å². The number of fused-ring (bicyclic) bond motifs is 1. The topological polar surface area (TPSA) is 67.1 Å². The van der Waals surface area contributed by atoms with Crippen LogP contribution in [0.4, 0.5) is 8.78 Å². The van der Waals surface area contributed by atoms with Gasteiger partial charge < -0.3 is 23.2 Å². The van der Waals surface area contributed by atoms with E-state index in [1.807, 2.05) is 27.7 Å². The van der Waals surface area contributed by atoms with E-state index >= 15 is 0 Å². The highest BCUT2D eigenvalue weighted by atomic mass is 19.1. The van der Waals surface area contributed by atoms with Gasteiger partial charge in [-0.3, -0.25) is 4.79 Å². The van der Waals surface area contributed by atoms with Crippen molar-refractivity contribution in [2.24, 2.45) is 0 Å². The summed E-state index contributed by atoms with van der Waals surface area (Å²) in [5, 5.41) is 0.536. The van der Waals surface area contributed by atoms with Gasteiger partial charge in [0.15, 0.2) is 0 Å². The first-order valence-corrected chi connectivity index (χ1v) is 11.1. The molecular formula is C25H27BF2O6. The Morgan fingerprint density at radius 2 is 1.74 bits per heavy atom. The van der Waals surface area contributed by atoms with Gasteiger partial charge in [0, 0.05) is 22.5 Å². The number of halogens is 2. The van der Waals surface area contributed by atoms with Gasteiger partial charge in [-0.15, -0.1) is 0 Å². The Morgan fingerprint density at radius 3 is 2.41 bits per heavy atom. The molecule has 1 aromatic heterocycles. The summed E-state index contributed by atoms with van der Waals surface area (Å²) in [5.41, 5.74) is 0.786. The maximum absolute atomic E-state index is 14.0. The standard InChI is InChI=1S/C25H27BF2O6/c1-6-30-22(29)13-16-11-18(27)7-8-20(16)31-14-15-9-17-12-21(28)32-23(17)19(10-15)26-33-24(2,3)25(4,5)34-26/h7-12H,6,13-14H2,1-5H3. The molecule has 0 bridgehead atoms. The lowest BCUT2D eigenvalue weighted by atomic mass is 9.77. The summed E-state index contributed by atoms with van der Waals surface area (Å²) in [6, 6.07) is 8.06. The first-order chi connectivity index (χ1) is 16.0. The monoisotopic (exact) mass is 472 g/mol. The summed E-state index contributed by atoms with van der Waals surface area (Å²) in [5.74, 6) is -0.605. The molecule has 2 heterocycles. The Labute approximate surface area is 197 Å². The number of esters is 1. The third-order valence-corrected chi connectivity index (χ3v) is 6.24. The lowest BCUT2D eigenvalue weighted by molar-refractivity contribution is -0.142. The summed E-state index contributed by atoms with van der Waals surface area (Å²) in [6.45, 7) is 9.73. The van der Waals surface area contributed by atoms with Crippen LogP contribution in [0.5, 0.6) is 5.75 Å². The molecule has 0 spiro atoms. The normalized spacial score (nSPS) is 16.7. The van der Waals surface area contributed by atoms with Gasteiger partial charge in [-0.1, -0.05) is 6.07 Å². The minimum absolute atomic E-state index is 0.0801. The second kappa shape index (κ2) is 9.04. The van der Waals surface area contributed by atoms with Crippen LogP contribution in [0.2, 0.25) is 0 Å². The maximum Gasteiger partial charge on any atom is 0.498 e. The quantitative estimate of drug-likeness (QED) is 0.367. The fourth-order valence-electron chi connectivity index (χ4n) is 3.80. The van der Waals surface area contributed by atoms with E-state index in [9.17, 15) is 13.6 Å². The number of rotatable bonds is 7. The fourth-order valence-corrected chi connectivity index (χ4v) is 3.80. The van der Waals surface area contributed by atoms with E-state index in [0.29, 0.717) is 33.3 Å². The lowest BCUT2D eigenvalue weighted by Gasteiger charge is -2.32. The van der Waals surface area contributed by atoms with E-state index in [2.05, 4.69) is 0 Å². The molecule has 9 heteroatoms. The van der Waals surface area contributed by atoms with E-state index in [-0.39, 0.29) is 19.6 Å². The Morgan fingerprint density at radius 1 is 1.03 bits per heavy atom. The van der Waals surface area contributed by atoms with Crippen LogP contribution in [0.25, 0.3) is 11.0 Å². The van der Waals surface area contributed by atoms with Crippen LogP contribution in [0.15, 0.2) is 40.8 Å². The van der Waals surface area contributed by atoms with E-state index in [1.54, 1.807) is 19.1 Å². The maximum atomic E-state index is 14.0. The van der Waals surface area contributed by atoms with Crippen LogP contribution in [-0.2, 0) is 31.9 Å². The lowest BCUT2D eigenvalue weighted by Crippen LogP contribution is -2.41. The molecule has 0 aliphatic carbocycles. The van der Waals surface area contributed by atoms with E-state index in [1.165, 1.54) is 24.3 Å². The van der Waals surface area contributed by atoms with Gasteiger partial charge in [0.05, 0.1) is 24.2 Å². The molecule has 2 aromatic carbocycles. The van der Waals surface area contributed by atoms with Crippen molar-refractivity contribution < 1.29 is 36.8 Å². The van der Waals surface area contributed by atoms with Crippen LogP contribution in [0, 0.1) is 11.8 Å². The van der Waals surface area contributed by atoms with Crippen LogP contribution < -0.4 is 10.2 Å². The van der Waals surface area contributed by atoms with Gasteiger partial charge in [0.1, 0.15) is 23.8 Å². The van der Waals surface area contributed by atoms with Gasteiger partial charge in [-0.2, -0.15) is 4.39 Å². The zero-order valence-corrected chi connectivity index (χ0v) is 19.9.